The van der Waals surface area contributed by atoms with Gasteiger partial charge in [0.05, 0.1) is 16.3 Å². The molecule has 2 heterocycles. The number of rotatable bonds is 6. The third-order valence-corrected chi connectivity index (χ3v) is 5.54. The summed E-state index contributed by atoms with van der Waals surface area (Å²) in [6.07, 6.45) is 1.61. The third-order valence-electron chi connectivity index (χ3n) is 3.64. The van der Waals surface area contributed by atoms with Gasteiger partial charge in [-0.25, -0.2) is 9.37 Å². The lowest BCUT2D eigenvalue weighted by molar-refractivity contribution is -0.115. The summed E-state index contributed by atoms with van der Waals surface area (Å²) < 4.78 is 15.2. The number of hydrogen-bond donors (Lipinski definition) is 1. The number of nitrogens with zero attached hydrogens (tertiary/aromatic N) is 2. The van der Waals surface area contributed by atoms with Crippen LogP contribution in [0.5, 0.6) is 0 Å². The van der Waals surface area contributed by atoms with Crippen molar-refractivity contribution in [2.45, 2.75) is 23.9 Å². The molecule has 26 heavy (non-hydrogen) atoms. The first-order valence-corrected chi connectivity index (χ1v) is 9.58. The summed E-state index contributed by atoms with van der Waals surface area (Å²) in [5.41, 5.74) is -0.0459. The molecule has 0 saturated heterocycles. The molecule has 1 aromatic carbocycles. The van der Waals surface area contributed by atoms with Crippen LogP contribution in [0.25, 0.3) is 10.2 Å². The van der Waals surface area contributed by atoms with Crippen molar-refractivity contribution in [3.8, 4) is 0 Å². The Bertz CT molecular complexity index is 1030. The number of hydrogen-bond acceptors (Lipinski definition) is 5. The largest absolute Gasteiger partial charge is 0.323 e. The lowest BCUT2D eigenvalue weighted by Gasteiger charge is -2.15. The molecule has 0 aliphatic heterocycles. The van der Waals surface area contributed by atoms with E-state index in [2.05, 4.69) is 16.9 Å². The smallest absolute Gasteiger partial charge is 0.263 e. The summed E-state index contributed by atoms with van der Waals surface area (Å²) in [6, 6.07) is 7.70. The molecule has 3 rings (SSSR count). The van der Waals surface area contributed by atoms with Crippen LogP contribution in [0, 0.1) is 5.82 Å². The average molecular weight is 389 g/mol. The van der Waals surface area contributed by atoms with Gasteiger partial charge < -0.3 is 5.32 Å². The minimum absolute atomic E-state index is 0.120. The van der Waals surface area contributed by atoms with Crippen LogP contribution >= 0.6 is 23.1 Å². The van der Waals surface area contributed by atoms with Gasteiger partial charge in [0.1, 0.15) is 10.6 Å². The number of para-hydroxylation sites is 1. The highest BCUT2D eigenvalue weighted by molar-refractivity contribution is 8.00. The number of allylic oxidation sites excluding steroid dienone is 1. The first-order chi connectivity index (χ1) is 12.5. The second-order valence-corrected chi connectivity index (χ2v) is 7.67. The third kappa shape index (κ3) is 3.71. The fourth-order valence-electron chi connectivity index (χ4n) is 2.32. The van der Waals surface area contributed by atoms with E-state index in [1.54, 1.807) is 36.6 Å². The number of benzene rings is 1. The van der Waals surface area contributed by atoms with Crippen molar-refractivity contribution in [3.63, 3.8) is 0 Å². The van der Waals surface area contributed by atoms with Crippen LogP contribution in [0.1, 0.15) is 6.92 Å². The van der Waals surface area contributed by atoms with Crippen LogP contribution in [-0.4, -0.2) is 20.7 Å². The molecule has 1 N–H and O–H groups in total. The van der Waals surface area contributed by atoms with E-state index in [9.17, 15) is 14.0 Å². The molecule has 1 atom stereocenters. The van der Waals surface area contributed by atoms with Gasteiger partial charge in [-0.15, -0.1) is 17.9 Å². The van der Waals surface area contributed by atoms with E-state index in [0.717, 1.165) is 11.8 Å². The summed E-state index contributed by atoms with van der Waals surface area (Å²) >= 11 is 2.52. The first-order valence-electron chi connectivity index (χ1n) is 7.82. The molecule has 0 bridgehead atoms. The van der Waals surface area contributed by atoms with Gasteiger partial charge in [-0.05, 0) is 30.5 Å². The maximum atomic E-state index is 13.7. The van der Waals surface area contributed by atoms with Crippen LogP contribution in [0.2, 0.25) is 0 Å². The minimum Gasteiger partial charge on any atom is -0.323 e. The Hall–Kier alpha value is -2.45. The van der Waals surface area contributed by atoms with Crippen molar-refractivity contribution < 1.29 is 9.18 Å². The Labute approximate surface area is 157 Å². The van der Waals surface area contributed by atoms with Gasteiger partial charge in [0, 0.05) is 6.54 Å². The first kappa shape index (κ1) is 18.3. The van der Waals surface area contributed by atoms with Gasteiger partial charge in [0.15, 0.2) is 5.16 Å². The number of fused-ring (bicyclic) bond motifs is 1. The molecular weight excluding hydrogens is 373 g/mol. The van der Waals surface area contributed by atoms with Crippen molar-refractivity contribution in [2.24, 2.45) is 0 Å². The van der Waals surface area contributed by atoms with Gasteiger partial charge >= 0.3 is 0 Å². The number of carbonyl (C=O) groups excluding carboxylic acids is 1. The van der Waals surface area contributed by atoms with E-state index >= 15 is 0 Å². The van der Waals surface area contributed by atoms with Gasteiger partial charge in [0.2, 0.25) is 5.91 Å². The van der Waals surface area contributed by atoms with Gasteiger partial charge in [-0.1, -0.05) is 30.0 Å². The van der Waals surface area contributed by atoms with Crippen LogP contribution in [-0.2, 0) is 11.3 Å². The minimum atomic E-state index is -0.574. The average Bonchev–Trinajstić information content (AvgIpc) is 3.09. The van der Waals surface area contributed by atoms with Gasteiger partial charge in [-0.2, -0.15) is 0 Å². The lowest BCUT2D eigenvalue weighted by atomic mass is 10.3. The second-order valence-electron chi connectivity index (χ2n) is 5.47. The van der Waals surface area contributed by atoms with Crippen molar-refractivity contribution in [3.05, 3.63) is 64.5 Å². The fraction of sp³-hybridized carbons (Fsp3) is 0.167. The Morgan fingerprint density at radius 2 is 2.23 bits per heavy atom. The molecule has 0 fully saturated rings. The predicted molar refractivity (Wildman–Crippen MR) is 104 cm³/mol. The van der Waals surface area contributed by atoms with Gasteiger partial charge in [-0.3, -0.25) is 14.2 Å². The number of thioether (sulfide) groups is 1. The maximum Gasteiger partial charge on any atom is 0.263 e. The van der Waals surface area contributed by atoms with E-state index in [1.165, 1.54) is 28.0 Å². The summed E-state index contributed by atoms with van der Waals surface area (Å²) in [5.74, 6) is -0.870. The molecule has 0 radical (unpaired) electrons. The topological polar surface area (TPSA) is 64.0 Å². The number of amides is 1. The van der Waals surface area contributed by atoms with Crippen LogP contribution in [0.15, 0.2) is 58.3 Å². The van der Waals surface area contributed by atoms with E-state index in [-0.39, 0.29) is 17.2 Å². The quantitative estimate of drug-likeness (QED) is 0.394. The Morgan fingerprint density at radius 1 is 1.46 bits per heavy atom. The molecular formula is C18H16FN3O2S2. The van der Waals surface area contributed by atoms with E-state index in [1.807, 2.05) is 0 Å². The fourth-order valence-corrected chi connectivity index (χ4v) is 4.04. The molecule has 134 valence electrons. The number of aromatic nitrogens is 2. The van der Waals surface area contributed by atoms with Crippen LogP contribution in [0.4, 0.5) is 10.1 Å². The van der Waals surface area contributed by atoms with Crippen molar-refractivity contribution >= 4 is 44.9 Å². The van der Waals surface area contributed by atoms with Crippen molar-refractivity contribution in [1.29, 1.82) is 0 Å². The monoisotopic (exact) mass is 389 g/mol. The van der Waals surface area contributed by atoms with Crippen molar-refractivity contribution in [1.82, 2.24) is 9.55 Å². The molecule has 8 heteroatoms. The summed E-state index contributed by atoms with van der Waals surface area (Å²) in [6.45, 7) is 5.65. The van der Waals surface area contributed by atoms with E-state index in [0.29, 0.717) is 21.9 Å². The number of thiophene rings is 1. The van der Waals surface area contributed by atoms with E-state index in [4.69, 9.17) is 0 Å². The summed E-state index contributed by atoms with van der Waals surface area (Å²) in [4.78, 5) is 30.1. The molecule has 0 spiro atoms. The normalized spacial score (nSPS) is 12.1. The Morgan fingerprint density at radius 3 is 2.96 bits per heavy atom. The van der Waals surface area contributed by atoms with Gasteiger partial charge in [0.25, 0.3) is 5.56 Å². The van der Waals surface area contributed by atoms with E-state index < -0.39 is 11.1 Å². The highest BCUT2D eigenvalue weighted by atomic mass is 32.2. The molecule has 3 aromatic rings. The molecule has 0 unspecified atom stereocenters. The Kier molecular flexibility index (Phi) is 5.53. The number of nitrogens with one attached hydrogen (secondary N) is 1. The molecule has 0 aliphatic carbocycles. The summed E-state index contributed by atoms with van der Waals surface area (Å²) in [7, 11) is 0. The number of carbonyl (C=O) groups is 1. The zero-order valence-corrected chi connectivity index (χ0v) is 15.6. The molecule has 5 nitrogen and oxygen atoms in total. The predicted octanol–water partition coefficient (Wildman–Crippen LogP) is 3.90. The lowest BCUT2D eigenvalue weighted by Crippen LogP contribution is -2.26. The second kappa shape index (κ2) is 7.84. The Balaban J connectivity index is 1.86. The number of halogens is 1. The molecule has 0 saturated carbocycles. The molecule has 1 amide bonds. The zero-order chi connectivity index (χ0) is 18.7. The van der Waals surface area contributed by atoms with Crippen LogP contribution in [0.3, 0.4) is 0 Å². The highest BCUT2D eigenvalue weighted by Gasteiger charge is 2.20. The zero-order valence-electron chi connectivity index (χ0n) is 13.9. The SMILES string of the molecule is C=CCn1c(S[C@H](C)C(=O)Nc2ccccc2F)nc2sccc2c1=O. The van der Waals surface area contributed by atoms with Crippen LogP contribution < -0.4 is 10.9 Å². The number of anilines is 1. The van der Waals surface area contributed by atoms with Crippen molar-refractivity contribution in [2.75, 3.05) is 5.32 Å². The molecule has 2 aromatic heterocycles. The maximum absolute atomic E-state index is 13.7. The standard InChI is InChI=1S/C18H16FN3O2S2/c1-3-9-22-17(24)12-8-10-25-16(12)21-18(22)26-11(2)15(23)20-14-7-5-4-6-13(14)19/h3-8,10-11H,1,9H2,2H3,(H,20,23)/t11-/m1/s1. The molecule has 0 aliphatic rings. The highest BCUT2D eigenvalue weighted by Crippen LogP contribution is 2.25. The summed E-state index contributed by atoms with van der Waals surface area (Å²) in [5, 5.41) is 4.77.